The number of carbonyl (C=O) groups is 2. The van der Waals surface area contributed by atoms with Crippen molar-refractivity contribution < 1.29 is 9.59 Å². The molecule has 0 aliphatic heterocycles. The predicted octanol–water partition coefficient (Wildman–Crippen LogP) is 2.11. The largest absolute Gasteiger partial charge is 0.352 e. The Morgan fingerprint density at radius 3 is 2.68 bits per heavy atom. The number of hydrogen-bond acceptors (Lipinski definition) is 2. The van der Waals surface area contributed by atoms with Crippen molar-refractivity contribution in [3.8, 4) is 0 Å². The molecular weight excluding hydrogens is 308 g/mol. The van der Waals surface area contributed by atoms with Gasteiger partial charge in [-0.25, -0.2) is 0 Å². The van der Waals surface area contributed by atoms with Crippen LogP contribution in [0, 0.1) is 6.92 Å². The number of hydrogen-bond donors (Lipinski definition) is 1. The van der Waals surface area contributed by atoms with E-state index in [1.807, 2.05) is 19.1 Å². The third-order valence-electron chi connectivity index (χ3n) is 3.02. The summed E-state index contributed by atoms with van der Waals surface area (Å²) < 4.78 is 0.756. The molecule has 0 unspecified atom stereocenters. The molecule has 1 aliphatic rings. The third kappa shape index (κ3) is 3.80. The number of likely N-dealkylation sites (N-methyl/N-ethyl adjacent to an activating group) is 1. The Morgan fingerprint density at radius 1 is 1.42 bits per heavy atom. The Morgan fingerprint density at radius 2 is 2.11 bits per heavy atom. The van der Waals surface area contributed by atoms with Crippen molar-refractivity contribution in [1.82, 2.24) is 10.2 Å². The van der Waals surface area contributed by atoms with Gasteiger partial charge >= 0.3 is 0 Å². The van der Waals surface area contributed by atoms with Gasteiger partial charge in [-0.05, 0) is 53.4 Å². The number of halogens is 1. The average Bonchev–Trinajstić information content (AvgIpc) is 3.11. The summed E-state index contributed by atoms with van der Waals surface area (Å²) in [5.41, 5.74) is 1.66. The van der Waals surface area contributed by atoms with E-state index < -0.39 is 0 Å². The van der Waals surface area contributed by atoms with Gasteiger partial charge < -0.3 is 10.2 Å². The molecule has 0 bridgehead atoms. The second kappa shape index (κ2) is 5.74. The summed E-state index contributed by atoms with van der Waals surface area (Å²) in [4.78, 5) is 25.3. The monoisotopic (exact) mass is 324 g/mol. The highest BCUT2D eigenvalue weighted by molar-refractivity contribution is 9.10. The van der Waals surface area contributed by atoms with Crippen LogP contribution in [0.25, 0.3) is 0 Å². The number of aryl methyl sites for hydroxylation is 1. The van der Waals surface area contributed by atoms with Crippen molar-refractivity contribution >= 4 is 27.7 Å². The molecule has 102 valence electrons. The summed E-state index contributed by atoms with van der Waals surface area (Å²) in [5.74, 6) is -0.251. The molecule has 0 spiro atoms. The van der Waals surface area contributed by atoms with Gasteiger partial charge in [0, 0.05) is 17.6 Å². The van der Waals surface area contributed by atoms with Crippen molar-refractivity contribution in [2.45, 2.75) is 25.8 Å². The van der Waals surface area contributed by atoms with Crippen LogP contribution in [-0.4, -0.2) is 36.3 Å². The second-order valence-corrected chi connectivity index (χ2v) is 5.84. The Labute approximate surface area is 121 Å². The standard InChI is InChI=1S/C14H17BrN2O2/c1-9-3-6-11(12(15)7-9)14(19)17(2)8-13(18)16-10-4-5-10/h3,6-7,10H,4-5,8H2,1-2H3,(H,16,18). The predicted molar refractivity (Wildman–Crippen MR) is 77.0 cm³/mol. The van der Waals surface area contributed by atoms with Crippen LogP contribution in [0.1, 0.15) is 28.8 Å². The molecule has 0 saturated heterocycles. The highest BCUT2D eigenvalue weighted by atomic mass is 79.9. The lowest BCUT2D eigenvalue weighted by molar-refractivity contribution is -0.121. The van der Waals surface area contributed by atoms with Gasteiger partial charge in [-0.3, -0.25) is 9.59 Å². The van der Waals surface area contributed by atoms with E-state index in [1.165, 1.54) is 4.90 Å². The van der Waals surface area contributed by atoms with E-state index in [9.17, 15) is 9.59 Å². The zero-order valence-corrected chi connectivity index (χ0v) is 12.7. The van der Waals surface area contributed by atoms with E-state index in [4.69, 9.17) is 0 Å². The van der Waals surface area contributed by atoms with Crippen molar-refractivity contribution in [1.29, 1.82) is 0 Å². The lowest BCUT2D eigenvalue weighted by Gasteiger charge is -2.17. The van der Waals surface area contributed by atoms with E-state index in [0.29, 0.717) is 11.6 Å². The maximum Gasteiger partial charge on any atom is 0.255 e. The summed E-state index contributed by atoms with van der Waals surface area (Å²) in [6.45, 7) is 2.06. The summed E-state index contributed by atoms with van der Waals surface area (Å²) >= 11 is 3.38. The smallest absolute Gasteiger partial charge is 0.255 e. The van der Waals surface area contributed by atoms with Crippen molar-refractivity contribution in [3.63, 3.8) is 0 Å². The zero-order chi connectivity index (χ0) is 14.0. The maximum absolute atomic E-state index is 12.2. The normalized spacial score (nSPS) is 14.1. The fourth-order valence-corrected chi connectivity index (χ4v) is 2.45. The summed E-state index contributed by atoms with van der Waals surface area (Å²) in [6, 6.07) is 5.88. The number of amides is 2. The van der Waals surface area contributed by atoms with Gasteiger partial charge in [-0.15, -0.1) is 0 Å². The van der Waals surface area contributed by atoms with Crippen molar-refractivity contribution in [3.05, 3.63) is 33.8 Å². The minimum Gasteiger partial charge on any atom is -0.352 e. The molecule has 19 heavy (non-hydrogen) atoms. The summed E-state index contributed by atoms with van der Waals surface area (Å²) in [7, 11) is 1.64. The fraction of sp³-hybridized carbons (Fsp3) is 0.429. The minimum atomic E-state index is -0.155. The first-order valence-electron chi connectivity index (χ1n) is 6.28. The first-order valence-corrected chi connectivity index (χ1v) is 7.07. The Bertz CT molecular complexity index is 512. The molecule has 1 aromatic rings. The van der Waals surface area contributed by atoms with Gasteiger partial charge in [0.25, 0.3) is 5.91 Å². The van der Waals surface area contributed by atoms with E-state index in [2.05, 4.69) is 21.2 Å². The second-order valence-electron chi connectivity index (χ2n) is 4.99. The molecule has 0 atom stereocenters. The van der Waals surface area contributed by atoms with Crippen molar-refractivity contribution in [2.24, 2.45) is 0 Å². The van der Waals surface area contributed by atoms with Crippen LogP contribution in [-0.2, 0) is 4.79 Å². The fourth-order valence-electron chi connectivity index (χ4n) is 1.79. The molecule has 0 aromatic heterocycles. The highest BCUT2D eigenvalue weighted by Gasteiger charge is 2.24. The first-order chi connectivity index (χ1) is 8.97. The van der Waals surface area contributed by atoms with Gasteiger partial charge in [0.2, 0.25) is 5.91 Å². The van der Waals surface area contributed by atoms with Crippen LogP contribution < -0.4 is 5.32 Å². The number of carbonyl (C=O) groups excluding carboxylic acids is 2. The van der Waals surface area contributed by atoms with Crippen LogP contribution in [0.2, 0.25) is 0 Å². The van der Waals surface area contributed by atoms with Crippen LogP contribution in [0.3, 0.4) is 0 Å². The molecule has 1 aliphatic carbocycles. The van der Waals surface area contributed by atoms with Gasteiger partial charge in [0.1, 0.15) is 0 Å². The molecule has 1 N–H and O–H groups in total. The zero-order valence-electron chi connectivity index (χ0n) is 11.1. The van der Waals surface area contributed by atoms with Gasteiger partial charge in [0.15, 0.2) is 0 Å². The Balaban J connectivity index is 1.99. The molecule has 1 aromatic carbocycles. The molecule has 1 fully saturated rings. The van der Waals surface area contributed by atoms with Gasteiger partial charge in [-0.1, -0.05) is 6.07 Å². The van der Waals surface area contributed by atoms with Crippen LogP contribution in [0.5, 0.6) is 0 Å². The topological polar surface area (TPSA) is 49.4 Å². The lowest BCUT2D eigenvalue weighted by atomic mass is 10.1. The van der Waals surface area contributed by atoms with Crippen LogP contribution in [0.15, 0.2) is 22.7 Å². The lowest BCUT2D eigenvalue weighted by Crippen LogP contribution is -2.39. The average molecular weight is 325 g/mol. The molecule has 1 saturated carbocycles. The Hall–Kier alpha value is -1.36. The molecule has 2 rings (SSSR count). The molecule has 5 heteroatoms. The molecule has 4 nitrogen and oxygen atoms in total. The van der Waals surface area contributed by atoms with Gasteiger partial charge in [-0.2, -0.15) is 0 Å². The molecule has 0 radical (unpaired) electrons. The first kappa shape index (κ1) is 14.1. The van der Waals surface area contributed by atoms with E-state index >= 15 is 0 Å². The minimum absolute atomic E-state index is 0.0929. The van der Waals surface area contributed by atoms with Crippen LogP contribution in [0.4, 0.5) is 0 Å². The molecule has 2 amide bonds. The Kier molecular flexibility index (Phi) is 4.24. The SMILES string of the molecule is Cc1ccc(C(=O)N(C)CC(=O)NC2CC2)c(Br)c1. The van der Waals surface area contributed by atoms with Crippen LogP contribution >= 0.6 is 15.9 Å². The highest BCUT2D eigenvalue weighted by Crippen LogP contribution is 2.20. The number of nitrogens with one attached hydrogen (secondary N) is 1. The van der Waals surface area contributed by atoms with Crippen molar-refractivity contribution in [2.75, 3.05) is 13.6 Å². The maximum atomic E-state index is 12.2. The number of nitrogens with zero attached hydrogens (tertiary/aromatic N) is 1. The number of rotatable bonds is 4. The summed E-state index contributed by atoms with van der Waals surface area (Å²) in [5, 5.41) is 2.87. The summed E-state index contributed by atoms with van der Waals surface area (Å²) in [6.07, 6.45) is 2.10. The van der Waals surface area contributed by atoms with Gasteiger partial charge in [0.05, 0.1) is 12.1 Å². The quantitative estimate of drug-likeness (QED) is 0.922. The van der Waals surface area contributed by atoms with E-state index in [-0.39, 0.29) is 18.4 Å². The van der Waals surface area contributed by atoms with E-state index in [0.717, 1.165) is 22.9 Å². The number of benzene rings is 1. The van der Waals surface area contributed by atoms with E-state index in [1.54, 1.807) is 13.1 Å². The molecular formula is C14H17BrN2O2. The third-order valence-corrected chi connectivity index (χ3v) is 3.68. The molecule has 0 heterocycles.